The third-order valence-corrected chi connectivity index (χ3v) is 6.01. The number of thioether (sulfide) groups is 1. The molecule has 6 heteroatoms. The number of carbonyl (C=O) groups is 1. The molecular formula is C21H23N3OS2. The van der Waals surface area contributed by atoms with E-state index >= 15 is 0 Å². The zero-order valence-electron chi connectivity index (χ0n) is 15.5. The standard InChI is InChI=1S/C21H23N3OS2/c1-15-19(20(25)23-14-17-8-10-18(26-2)11-9-17)27-21(24-15)22-13-12-16-6-4-3-5-7-16/h3-11H,12-14H2,1-2H3,(H,22,24)(H,23,25). The minimum atomic E-state index is -0.0740. The molecule has 0 saturated carbocycles. The Labute approximate surface area is 168 Å². The van der Waals surface area contributed by atoms with Gasteiger partial charge in [0, 0.05) is 18.0 Å². The van der Waals surface area contributed by atoms with Gasteiger partial charge in [0.1, 0.15) is 4.88 Å². The van der Waals surface area contributed by atoms with Crippen molar-refractivity contribution in [2.45, 2.75) is 24.8 Å². The van der Waals surface area contributed by atoms with Crippen LogP contribution in [0, 0.1) is 6.92 Å². The van der Waals surface area contributed by atoms with Gasteiger partial charge in [-0.25, -0.2) is 4.98 Å². The van der Waals surface area contributed by atoms with Gasteiger partial charge in [0.15, 0.2) is 5.13 Å². The summed E-state index contributed by atoms with van der Waals surface area (Å²) in [5.41, 5.74) is 3.13. The molecule has 0 atom stereocenters. The number of rotatable bonds is 8. The Hall–Kier alpha value is -2.31. The molecule has 3 rings (SSSR count). The maximum atomic E-state index is 12.5. The molecule has 1 amide bonds. The molecule has 0 saturated heterocycles. The zero-order chi connectivity index (χ0) is 19.1. The summed E-state index contributed by atoms with van der Waals surface area (Å²) in [5, 5.41) is 7.10. The predicted molar refractivity (Wildman–Crippen MR) is 115 cm³/mol. The number of carbonyl (C=O) groups excluding carboxylic acids is 1. The van der Waals surface area contributed by atoms with Crippen molar-refractivity contribution < 1.29 is 4.79 Å². The maximum Gasteiger partial charge on any atom is 0.263 e. The van der Waals surface area contributed by atoms with E-state index in [1.54, 1.807) is 11.8 Å². The third-order valence-electron chi connectivity index (χ3n) is 4.15. The maximum absolute atomic E-state index is 12.5. The highest BCUT2D eigenvalue weighted by molar-refractivity contribution is 7.98. The molecule has 2 N–H and O–H groups in total. The number of nitrogens with one attached hydrogen (secondary N) is 2. The lowest BCUT2D eigenvalue weighted by molar-refractivity contribution is 0.0954. The lowest BCUT2D eigenvalue weighted by Gasteiger charge is -2.05. The van der Waals surface area contributed by atoms with E-state index in [9.17, 15) is 4.79 Å². The fraction of sp³-hybridized carbons (Fsp3) is 0.238. The van der Waals surface area contributed by atoms with Crippen LogP contribution in [0.1, 0.15) is 26.5 Å². The van der Waals surface area contributed by atoms with Crippen molar-refractivity contribution in [3.63, 3.8) is 0 Å². The van der Waals surface area contributed by atoms with Crippen molar-refractivity contribution in [1.29, 1.82) is 0 Å². The second-order valence-corrected chi connectivity index (χ2v) is 8.01. The molecule has 0 aliphatic heterocycles. The van der Waals surface area contributed by atoms with Crippen molar-refractivity contribution in [2.75, 3.05) is 18.1 Å². The van der Waals surface area contributed by atoms with Gasteiger partial charge >= 0.3 is 0 Å². The Morgan fingerprint density at radius 2 is 1.81 bits per heavy atom. The summed E-state index contributed by atoms with van der Waals surface area (Å²) in [6.07, 6.45) is 2.97. The first-order chi connectivity index (χ1) is 13.2. The first-order valence-corrected chi connectivity index (χ1v) is 10.9. The Balaban J connectivity index is 1.52. The van der Waals surface area contributed by atoms with E-state index in [2.05, 4.69) is 46.1 Å². The summed E-state index contributed by atoms with van der Waals surface area (Å²) < 4.78 is 0. The van der Waals surface area contributed by atoms with Gasteiger partial charge in [-0.15, -0.1) is 11.8 Å². The van der Waals surface area contributed by atoms with Crippen molar-refractivity contribution >= 4 is 34.1 Å². The van der Waals surface area contributed by atoms with Crippen LogP contribution in [0.2, 0.25) is 0 Å². The number of aryl methyl sites for hydroxylation is 1. The Morgan fingerprint density at radius 3 is 2.52 bits per heavy atom. The molecule has 27 heavy (non-hydrogen) atoms. The average molecular weight is 398 g/mol. The topological polar surface area (TPSA) is 54.0 Å². The quantitative estimate of drug-likeness (QED) is 0.538. The summed E-state index contributed by atoms with van der Waals surface area (Å²) in [6, 6.07) is 18.5. The van der Waals surface area contributed by atoms with Gasteiger partial charge in [0.05, 0.1) is 5.69 Å². The molecule has 0 radical (unpaired) electrons. The minimum absolute atomic E-state index is 0.0740. The second kappa shape index (κ2) is 9.58. The number of hydrogen-bond acceptors (Lipinski definition) is 5. The van der Waals surface area contributed by atoms with Crippen LogP contribution in [0.3, 0.4) is 0 Å². The minimum Gasteiger partial charge on any atom is -0.361 e. The molecule has 140 valence electrons. The van der Waals surface area contributed by atoms with E-state index < -0.39 is 0 Å². The number of aromatic nitrogens is 1. The van der Waals surface area contributed by atoms with Gasteiger partial charge in [0.25, 0.3) is 5.91 Å². The van der Waals surface area contributed by atoms with Crippen LogP contribution in [0.4, 0.5) is 5.13 Å². The van der Waals surface area contributed by atoms with E-state index in [0.29, 0.717) is 11.4 Å². The third kappa shape index (κ3) is 5.58. The number of thiazole rings is 1. The molecule has 0 bridgehead atoms. The van der Waals surface area contributed by atoms with Gasteiger partial charge in [-0.05, 0) is 42.9 Å². The molecule has 3 aromatic rings. The number of nitrogens with zero attached hydrogens (tertiary/aromatic N) is 1. The number of amides is 1. The van der Waals surface area contributed by atoms with E-state index in [1.807, 2.05) is 37.3 Å². The summed E-state index contributed by atoms with van der Waals surface area (Å²) in [4.78, 5) is 18.9. The highest BCUT2D eigenvalue weighted by Crippen LogP contribution is 2.22. The molecule has 1 heterocycles. The Kier molecular flexibility index (Phi) is 6.90. The number of benzene rings is 2. The largest absolute Gasteiger partial charge is 0.361 e. The van der Waals surface area contributed by atoms with E-state index in [1.165, 1.54) is 21.8 Å². The van der Waals surface area contributed by atoms with Crippen LogP contribution in [0.5, 0.6) is 0 Å². The number of anilines is 1. The zero-order valence-corrected chi connectivity index (χ0v) is 17.1. The molecule has 2 aromatic carbocycles. The summed E-state index contributed by atoms with van der Waals surface area (Å²) in [7, 11) is 0. The Morgan fingerprint density at radius 1 is 1.07 bits per heavy atom. The SMILES string of the molecule is CSc1ccc(CNC(=O)c2sc(NCCc3ccccc3)nc2C)cc1. The van der Waals surface area contributed by atoms with Crippen molar-refractivity contribution in [2.24, 2.45) is 0 Å². The fourth-order valence-electron chi connectivity index (χ4n) is 2.65. The van der Waals surface area contributed by atoms with Crippen LogP contribution in [0.15, 0.2) is 59.5 Å². The van der Waals surface area contributed by atoms with Crippen LogP contribution in [-0.2, 0) is 13.0 Å². The highest BCUT2D eigenvalue weighted by atomic mass is 32.2. The molecule has 0 spiro atoms. The van der Waals surface area contributed by atoms with Crippen molar-refractivity contribution in [1.82, 2.24) is 10.3 Å². The molecular weight excluding hydrogens is 374 g/mol. The van der Waals surface area contributed by atoms with Gasteiger partial charge < -0.3 is 10.6 Å². The summed E-state index contributed by atoms with van der Waals surface area (Å²) >= 11 is 3.11. The number of hydrogen-bond donors (Lipinski definition) is 2. The van der Waals surface area contributed by atoms with Crippen molar-refractivity contribution in [3.8, 4) is 0 Å². The summed E-state index contributed by atoms with van der Waals surface area (Å²) in [6.45, 7) is 3.18. The lowest BCUT2D eigenvalue weighted by Crippen LogP contribution is -2.22. The lowest BCUT2D eigenvalue weighted by atomic mass is 10.2. The molecule has 0 unspecified atom stereocenters. The van der Waals surface area contributed by atoms with Gasteiger partial charge in [-0.1, -0.05) is 53.8 Å². The van der Waals surface area contributed by atoms with Crippen LogP contribution >= 0.6 is 23.1 Å². The summed E-state index contributed by atoms with van der Waals surface area (Å²) in [5.74, 6) is -0.0740. The van der Waals surface area contributed by atoms with E-state index in [0.717, 1.165) is 29.4 Å². The van der Waals surface area contributed by atoms with Gasteiger partial charge in [-0.3, -0.25) is 4.79 Å². The molecule has 0 aliphatic rings. The van der Waals surface area contributed by atoms with Gasteiger partial charge in [0.2, 0.25) is 0 Å². The molecule has 1 aromatic heterocycles. The van der Waals surface area contributed by atoms with E-state index in [-0.39, 0.29) is 5.91 Å². The molecule has 4 nitrogen and oxygen atoms in total. The van der Waals surface area contributed by atoms with Crippen LogP contribution in [-0.4, -0.2) is 23.7 Å². The second-order valence-electron chi connectivity index (χ2n) is 6.13. The molecule has 0 fully saturated rings. The Bertz CT molecular complexity index is 876. The molecule has 0 aliphatic carbocycles. The normalized spacial score (nSPS) is 10.6. The van der Waals surface area contributed by atoms with Gasteiger partial charge in [-0.2, -0.15) is 0 Å². The predicted octanol–water partition coefficient (Wildman–Crippen LogP) is 4.76. The monoisotopic (exact) mass is 397 g/mol. The van der Waals surface area contributed by atoms with Crippen LogP contribution < -0.4 is 10.6 Å². The first kappa shape index (κ1) is 19.5. The smallest absolute Gasteiger partial charge is 0.263 e. The van der Waals surface area contributed by atoms with Crippen LogP contribution in [0.25, 0.3) is 0 Å². The highest BCUT2D eigenvalue weighted by Gasteiger charge is 2.15. The fourth-order valence-corrected chi connectivity index (χ4v) is 3.96. The first-order valence-electron chi connectivity index (χ1n) is 8.82. The average Bonchev–Trinajstić information content (AvgIpc) is 3.08. The van der Waals surface area contributed by atoms with Crippen molar-refractivity contribution in [3.05, 3.63) is 76.3 Å². The van der Waals surface area contributed by atoms with E-state index in [4.69, 9.17) is 0 Å².